The monoisotopic (exact) mass is 346 g/mol. The molecule has 21 heavy (non-hydrogen) atoms. The standard InChI is InChI=1S/C16H15BrN2O2/c1-19(11-13-4-2-3-5-14(13)17)15-8-6-12(10-18-15)7-9-16(20)21/h2-10H,11H2,1H3,(H,20,21)/b9-7+. The molecule has 1 N–H and O–H groups in total. The first kappa shape index (κ1) is 15.3. The van der Waals surface area contributed by atoms with Gasteiger partial charge in [0.1, 0.15) is 5.82 Å². The van der Waals surface area contributed by atoms with E-state index in [2.05, 4.69) is 27.0 Å². The molecule has 4 nitrogen and oxygen atoms in total. The summed E-state index contributed by atoms with van der Waals surface area (Å²) in [6, 6.07) is 11.8. The zero-order chi connectivity index (χ0) is 15.2. The zero-order valence-corrected chi connectivity index (χ0v) is 13.1. The molecule has 0 spiro atoms. The Morgan fingerprint density at radius 1 is 1.33 bits per heavy atom. The van der Waals surface area contributed by atoms with Crippen LogP contribution in [0, 0.1) is 0 Å². The second-order valence-corrected chi connectivity index (χ2v) is 5.42. The smallest absolute Gasteiger partial charge is 0.328 e. The fraction of sp³-hybridized carbons (Fsp3) is 0.125. The fourth-order valence-corrected chi connectivity index (χ4v) is 2.26. The van der Waals surface area contributed by atoms with E-state index in [1.165, 1.54) is 11.6 Å². The van der Waals surface area contributed by atoms with Gasteiger partial charge in [-0.1, -0.05) is 34.1 Å². The predicted molar refractivity (Wildman–Crippen MR) is 87.2 cm³/mol. The summed E-state index contributed by atoms with van der Waals surface area (Å²) in [5, 5.41) is 8.59. The van der Waals surface area contributed by atoms with Crippen LogP contribution in [-0.4, -0.2) is 23.1 Å². The van der Waals surface area contributed by atoms with Gasteiger partial charge in [0, 0.05) is 30.3 Å². The Hall–Kier alpha value is -2.14. The van der Waals surface area contributed by atoms with Crippen molar-refractivity contribution in [3.05, 3.63) is 64.3 Å². The van der Waals surface area contributed by atoms with Gasteiger partial charge in [-0.15, -0.1) is 0 Å². The summed E-state index contributed by atoms with van der Waals surface area (Å²) in [4.78, 5) is 16.8. The third-order valence-electron chi connectivity index (χ3n) is 2.95. The van der Waals surface area contributed by atoms with Gasteiger partial charge in [0.2, 0.25) is 0 Å². The van der Waals surface area contributed by atoms with Crippen LogP contribution in [0.4, 0.5) is 5.82 Å². The van der Waals surface area contributed by atoms with Gasteiger partial charge < -0.3 is 10.0 Å². The van der Waals surface area contributed by atoms with E-state index in [-0.39, 0.29) is 0 Å². The first-order valence-corrected chi connectivity index (χ1v) is 7.17. The van der Waals surface area contributed by atoms with Crippen molar-refractivity contribution in [3.63, 3.8) is 0 Å². The normalized spacial score (nSPS) is 10.8. The largest absolute Gasteiger partial charge is 0.478 e. The fourth-order valence-electron chi connectivity index (χ4n) is 1.85. The second-order valence-electron chi connectivity index (χ2n) is 4.57. The number of hydrogen-bond donors (Lipinski definition) is 1. The topological polar surface area (TPSA) is 53.4 Å². The van der Waals surface area contributed by atoms with Crippen LogP contribution in [0.25, 0.3) is 6.08 Å². The summed E-state index contributed by atoms with van der Waals surface area (Å²) < 4.78 is 1.07. The molecule has 0 atom stereocenters. The van der Waals surface area contributed by atoms with E-state index >= 15 is 0 Å². The molecule has 0 aliphatic rings. The summed E-state index contributed by atoms with van der Waals surface area (Å²) in [7, 11) is 1.97. The average Bonchev–Trinajstić information content (AvgIpc) is 2.48. The highest BCUT2D eigenvalue weighted by atomic mass is 79.9. The van der Waals surface area contributed by atoms with E-state index in [1.54, 1.807) is 6.20 Å². The van der Waals surface area contributed by atoms with Gasteiger partial charge >= 0.3 is 5.97 Å². The summed E-state index contributed by atoms with van der Waals surface area (Å²) in [5.41, 5.74) is 1.94. The molecule has 1 aromatic heterocycles. The lowest BCUT2D eigenvalue weighted by Gasteiger charge is -2.19. The number of aromatic nitrogens is 1. The molecule has 0 aliphatic heterocycles. The Morgan fingerprint density at radius 3 is 2.71 bits per heavy atom. The predicted octanol–water partition coefficient (Wildman–Crippen LogP) is 3.58. The number of anilines is 1. The maximum atomic E-state index is 10.5. The average molecular weight is 347 g/mol. The Balaban J connectivity index is 2.08. The molecular weight excluding hydrogens is 332 g/mol. The van der Waals surface area contributed by atoms with Crippen molar-refractivity contribution in [1.82, 2.24) is 4.98 Å². The SMILES string of the molecule is CN(Cc1ccccc1Br)c1ccc(/C=C/C(=O)O)cn1. The van der Waals surface area contributed by atoms with Crippen molar-refractivity contribution in [2.75, 3.05) is 11.9 Å². The highest BCUT2D eigenvalue weighted by Gasteiger charge is 2.05. The zero-order valence-electron chi connectivity index (χ0n) is 11.5. The minimum atomic E-state index is -0.967. The van der Waals surface area contributed by atoms with Crippen LogP contribution in [0.5, 0.6) is 0 Å². The molecule has 0 amide bonds. The molecule has 5 heteroatoms. The van der Waals surface area contributed by atoms with E-state index in [9.17, 15) is 4.79 Å². The first-order valence-electron chi connectivity index (χ1n) is 6.38. The molecule has 0 bridgehead atoms. The van der Waals surface area contributed by atoms with E-state index in [0.29, 0.717) is 0 Å². The Kier molecular flexibility index (Phi) is 5.11. The molecule has 0 radical (unpaired) electrons. The van der Waals surface area contributed by atoms with E-state index in [4.69, 9.17) is 5.11 Å². The lowest BCUT2D eigenvalue weighted by molar-refractivity contribution is -0.131. The van der Waals surface area contributed by atoms with Crippen molar-refractivity contribution < 1.29 is 9.90 Å². The summed E-state index contributed by atoms with van der Waals surface area (Å²) in [6.45, 7) is 0.735. The number of carboxylic acid groups (broad SMARTS) is 1. The summed E-state index contributed by atoms with van der Waals surface area (Å²) in [6.07, 6.45) is 4.28. The van der Waals surface area contributed by atoms with Crippen LogP contribution < -0.4 is 4.90 Å². The Morgan fingerprint density at radius 2 is 2.10 bits per heavy atom. The molecule has 2 rings (SSSR count). The molecule has 2 aromatic rings. The highest BCUT2D eigenvalue weighted by molar-refractivity contribution is 9.10. The van der Waals surface area contributed by atoms with Crippen LogP contribution >= 0.6 is 15.9 Å². The van der Waals surface area contributed by atoms with Gasteiger partial charge in [0.15, 0.2) is 0 Å². The van der Waals surface area contributed by atoms with Crippen LogP contribution in [0.2, 0.25) is 0 Å². The summed E-state index contributed by atoms with van der Waals surface area (Å²) >= 11 is 3.53. The number of nitrogens with zero attached hydrogens (tertiary/aromatic N) is 2. The Bertz CT molecular complexity index is 654. The van der Waals surface area contributed by atoms with Gasteiger partial charge in [-0.3, -0.25) is 0 Å². The molecule has 0 aliphatic carbocycles. The number of rotatable bonds is 5. The van der Waals surface area contributed by atoms with Crippen molar-refractivity contribution in [2.45, 2.75) is 6.54 Å². The number of hydrogen-bond acceptors (Lipinski definition) is 3. The maximum Gasteiger partial charge on any atom is 0.328 e. The lowest BCUT2D eigenvalue weighted by Crippen LogP contribution is -2.17. The number of benzene rings is 1. The molecule has 0 saturated heterocycles. The third-order valence-corrected chi connectivity index (χ3v) is 3.72. The number of pyridine rings is 1. The molecule has 108 valence electrons. The number of halogens is 1. The number of carboxylic acids is 1. The van der Waals surface area contributed by atoms with Crippen LogP contribution in [0.15, 0.2) is 53.1 Å². The van der Waals surface area contributed by atoms with Crippen LogP contribution in [-0.2, 0) is 11.3 Å². The van der Waals surface area contributed by atoms with E-state index in [0.717, 1.165) is 28.5 Å². The Labute approximate surface area is 131 Å². The van der Waals surface area contributed by atoms with Crippen LogP contribution in [0.1, 0.15) is 11.1 Å². The van der Waals surface area contributed by atoms with Crippen LogP contribution in [0.3, 0.4) is 0 Å². The summed E-state index contributed by atoms with van der Waals surface area (Å²) in [5.74, 6) is -0.136. The van der Waals surface area contributed by atoms with Crippen molar-refractivity contribution >= 4 is 33.8 Å². The van der Waals surface area contributed by atoms with Gasteiger partial charge in [0.25, 0.3) is 0 Å². The van der Waals surface area contributed by atoms with Crippen molar-refractivity contribution in [2.24, 2.45) is 0 Å². The molecule has 0 fully saturated rings. The first-order chi connectivity index (χ1) is 10.1. The second kappa shape index (κ2) is 7.04. The van der Waals surface area contributed by atoms with Crippen molar-refractivity contribution in [3.8, 4) is 0 Å². The van der Waals surface area contributed by atoms with Gasteiger partial charge in [-0.2, -0.15) is 0 Å². The molecular formula is C16H15BrN2O2. The minimum Gasteiger partial charge on any atom is -0.478 e. The highest BCUT2D eigenvalue weighted by Crippen LogP contribution is 2.20. The van der Waals surface area contributed by atoms with Crippen molar-refractivity contribution in [1.29, 1.82) is 0 Å². The molecule has 1 aromatic carbocycles. The number of carbonyl (C=O) groups is 1. The quantitative estimate of drug-likeness (QED) is 0.840. The molecule has 0 unspecified atom stereocenters. The van der Waals surface area contributed by atoms with Gasteiger partial charge in [0.05, 0.1) is 0 Å². The molecule has 0 saturated carbocycles. The van der Waals surface area contributed by atoms with E-state index in [1.807, 2.05) is 42.3 Å². The number of aliphatic carboxylic acids is 1. The molecule has 1 heterocycles. The van der Waals surface area contributed by atoms with Gasteiger partial charge in [-0.05, 0) is 35.4 Å². The lowest BCUT2D eigenvalue weighted by atomic mass is 10.2. The third kappa shape index (κ3) is 4.43. The maximum absolute atomic E-state index is 10.5. The van der Waals surface area contributed by atoms with E-state index < -0.39 is 5.97 Å². The minimum absolute atomic E-state index is 0.735. The van der Waals surface area contributed by atoms with Gasteiger partial charge in [-0.25, -0.2) is 9.78 Å².